The topological polar surface area (TPSA) is 68.3 Å². The van der Waals surface area contributed by atoms with E-state index in [1.165, 1.54) is 4.90 Å². The molecule has 0 aliphatic rings. The summed E-state index contributed by atoms with van der Waals surface area (Å²) < 4.78 is 5.28. The lowest BCUT2D eigenvalue weighted by Crippen LogP contribution is -2.28. The molecule has 3 N–H and O–H groups in total. The van der Waals surface area contributed by atoms with Crippen molar-refractivity contribution in [2.75, 3.05) is 5.75 Å². The van der Waals surface area contributed by atoms with Crippen molar-refractivity contribution >= 4 is 29.1 Å². The van der Waals surface area contributed by atoms with E-state index in [2.05, 4.69) is 11.4 Å². The van der Waals surface area contributed by atoms with Crippen LogP contribution in [0.1, 0.15) is 10.6 Å². The van der Waals surface area contributed by atoms with Crippen LogP contribution in [0, 0.1) is 0 Å². The third-order valence-electron chi connectivity index (χ3n) is 2.31. The van der Waals surface area contributed by atoms with Gasteiger partial charge in [-0.1, -0.05) is 0 Å². The van der Waals surface area contributed by atoms with Gasteiger partial charge in [0.25, 0.3) is 0 Å². The molecule has 0 spiro atoms. The molecule has 0 bridgehead atoms. The van der Waals surface area contributed by atoms with Gasteiger partial charge < -0.3 is 15.5 Å². The number of aryl methyl sites for hydroxylation is 1. The van der Waals surface area contributed by atoms with Crippen LogP contribution in [0.5, 0.6) is 0 Å². The van der Waals surface area contributed by atoms with E-state index in [1.54, 1.807) is 29.4 Å². The number of urea groups is 1. The fourth-order valence-electron chi connectivity index (χ4n) is 1.47. The van der Waals surface area contributed by atoms with Gasteiger partial charge in [-0.3, -0.25) is 0 Å². The summed E-state index contributed by atoms with van der Waals surface area (Å²) in [5, 5.41) is 4.63. The maximum atomic E-state index is 10.7. The maximum Gasteiger partial charge on any atom is 0.312 e. The highest BCUT2D eigenvalue weighted by Crippen LogP contribution is 2.28. The van der Waals surface area contributed by atoms with Crippen molar-refractivity contribution in [2.24, 2.45) is 5.73 Å². The molecule has 2 rings (SSSR count). The van der Waals surface area contributed by atoms with Gasteiger partial charge in [0.05, 0.1) is 12.8 Å². The van der Waals surface area contributed by atoms with Gasteiger partial charge in [-0.25, -0.2) is 4.79 Å². The van der Waals surface area contributed by atoms with Gasteiger partial charge in [0.2, 0.25) is 0 Å². The van der Waals surface area contributed by atoms with Crippen LogP contribution in [0.2, 0.25) is 0 Å². The Morgan fingerprint density at radius 2 is 2.39 bits per heavy atom. The zero-order valence-corrected chi connectivity index (χ0v) is 11.4. The summed E-state index contributed by atoms with van der Waals surface area (Å²) in [6, 6.07) is 5.45. The van der Waals surface area contributed by atoms with Crippen molar-refractivity contribution < 1.29 is 9.21 Å². The molecule has 0 fully saturated rings. The molecule has 0 unspecified atom stereocenters. The molecular weight excluding hydrogens is 268 g/mol. The predicted octanol–water partition coefficient (Wildman–Crippen LogP) is 2.84. The summed E-state index contributed by atoms with van der Waals surface area (Å²) >= 11 is 3.39. The number of carbonyl (C=O) groups excluding carboxylic acids is 1. The number of rotatable bonds is 6. The highest BCUT2D eigenvalue weighted by atomic mass is 32.2. The van der Waals surface area contributed by atoms with Crippen molar-refractivity contribution in [3.63, 3.8) is 0 Å². The average Bonchev–Trinajstić information content (AvgIpc) is 2.97. The number of amides is 2. The Morgan fingerprint density at radius 1 is 1.50 bits per heavy atom. The van der Waals surface area contributed by atoms with Gasteiger partial charge in [-0.15, -0.1) is 23.1 Å². The first-order valence-electron chi connectivity index (χ1n) is 5.50. The van der Waals surface area contributed by atoms with Gasteiger partial charge in [0, 0.05) is 21.9 Å². The highest BCUT2D eigenvalue weighted by Gasteiger charge is 2.06. The normalized spacial score (nSPS) is 10.4. The first-order valence-corrected chi connectivity index (χ1v) is 7.37. The van der Waals surface area contributed by atoms with E-state index in [9.17, 15) is 4.79 Å². The van der Waals surface area contributed by atoms with Crippen molar-refractivity contribution in [1.82, 2.24) is 5.32 Å². The second-order valence-electron chi connectivity index (χ2n) is 3.60. The maximum absolute atomic E-state index is 10.7. The number of thioether (sulfide) groups is 1. The molecule has 0 aliphatic heterocycles. The van der Waals surface area contributed by atoms with Crippen LogP contribution in [0.25, 0.3) is 0 Å². The van der Waals surface area contributed by atoms with Crippen LogP contribution in [0.4, 0.5) is 4.79 Å². The fourth-order valence-corrected chi connectivity index (χ4v) is 3.51. The Kier molecular flexibility index (Phi) is 4.72. The minimum atomic E-state index is -0.491. The zero-order valence-electron chi connectivity index (χ0n) is 9.72. The Labute approximate surface area is 114 Å². The second kappa shape index (κ2) is 6.51. The number of thiophene rings is 1. The minimum absolute atomic E-state index is 0.491. The molecular formula is C12H14N2O2S2. The first-order chi connectivity index (χ1) is 8.75. The number of primary amides is 1. The molecule has 2 heterocycles. The van der Waals surface area contributed by atoms with Crippen LogP contribution in [0.3, 0.4) is 0 Å². The second-order valence-corrected chi connectivity index (χ2v) is 5.74. The van der Waals surface area contributed by atoms with Gasteiger partial charge in [-0.05, 0) is 23.6 Å². The standard InChI is InChI=1S/C12H14N2O2S2/c13-12(15)14-8-11-10(4-7-18-11)17-6-3-9-2-1-5-16-9/h1-2,4-5,7H,3,6,8H2,(H3,13,14,15). The largest absolute Gasteiger partial charge is 0.469 e. The molecule has 0 atom stereocenters. The van der Waals surface area contributed by atoms with Crippen LogP contribution in [0.15, 0.2) is 39.2 Å². The first kappa shape index (κ1) is 13.0. The summed E-state index contributed by atoms with van der Waals surface area (Å²) in [7, 11) is 0. The molecule has 0 radical (unpaired) electrons. The fraction of sp³-hybridized carbons (Fsp3) is 0.250. The molecule has 2 aromatic rings. The summed E-state index contributed by atoms with van der Waals surface area (Å²) in [5.41, 5.74) is 5.06. The van der Waals surface area contributed by atoms with Crippen molar-refractivity contribution in [3.05, 3.63) is 40.5 Å². The average molecular weight is 282 g/mol. The van der Waals surface area contributed by atoms with Crippen molar-refractivity contribution in [1.29, 1.82) is 0 Å². The number of carbonyl (C=O) groups is 1. The van der Waals surface area contributed by atoms with E-state index in [-0.39, 0.29) is 0 Å². The number of nitrogens with two attached hydrogens (primary N) is 1. The van der Waals surface area contributed by atoms with Gasteiger partial charge >= 0.3 is 6.03 Å². The summed E-state index contributed by atoms with van der Waals surface area (Å²) in [5.74, 6) is 1.95. The van der Waals surface area contributed by atoms with Crippen LogP contribution in [-0.4, -0.2) is 11.8 Å². The van der Waals surface area contributed by atoms with E-state index in [0.717, 1.165) is 22.8 Å². The zero-order chi connectivity index (χ0) is 12.8. The highest BCUT2D eigenvalue weighted by molar-refractivity contribution is 7.99. The Bertz CT molecular complexity index is 494. The van der Waals surface area contributed by atoms with Gasteiger partial charge in [-0.2, -0.15) is 0 Å². The lowest BCUT2D eigenvalue weighted by Gasteiger charge is -2.03. The van der Waals surface area contributed by atoms with E-state index < -0.39 is 6.03 Å². The van der Waals surface area contributed by atoms with Gasteiger partial charge in [0.1, 0.15) is 5.76 Å². The molecule has 18 heavy (non-hydrogen) atoms. The van der Waals surface area contributed by atoms with Crippen LogP contribution < -0.4 is 11.1 Å². The van der Waals surface area contributed by atoms with Gasteiger partial charge in [0.15, 0.2) is 0 Å². The van der Waals surface area contributed by atoms with E-state index in [1.807, 2.05) is 17.5 Å². The van der Waals surface area contributed by atoms with Crippen LogP contribution in [-0.2, 0) is 13.0 Å². The van der Waals surface area contributed by atoms with Crippen LogP contribution >= 0.6 is 23.1 Å². The molecule has 0 saturated carbocycles. The quantitative estimate of drug-likeness (QED) is 0.800. The minimum Gasteiger partial charge on any atom is -0.469 e. The lowest BCUT2D eigenvalue weighted by atomic mass is 10.4. The molecule has 0 saturated heterocycles. The van der Waals surface area contributed by atoms with Crippen molar-refractivity contribution in [2.45, 2.75) is 17.9 Å². The monoisotopic (exact) mass is 282 g/mol. The molecule has 4 nitrogen and oxygen atoms in total. The summed E-state index contributed by atoms with van der Waals surface area (Å²) in [4.78, 5) is 13.0. The lowest BCUT2D eigenvalue weighted by molar-refractivity contribution is 0.248. The molecule has 0 aromatic carbocycles. The van der Waals surface area contributed by atoms with E-state index in [0.29, 0.717) is 6.54 Å². The molecule has 2 amide bonds. The molecule has 96 valence electrons. The third kappa shape index (κ3) is 3.82. The number of furan rings is 1. The SMILES string of the molecule is NC(=O)NCc1sccc1SCCc1ccco1. The Hall–Kier alpha value is -1.40. The predicted molar refractivity (Wildman–Crippen MR) is 73.9 cm³/mol. The summed E-state index contributed by atoms with van der Waals surface area (Å²) in [6.45, 7) is 0.496. The Morgan fingerprint density at radius 3 is 3.11 bits per heavy atom. The molecule has 0 aliphatic carbocycles. The Balaban J connectivity index is 1.82. The third-order valence-corrected chi connectivity index (χ3v) is 4.47. The number of hydrogen-bond acceptors (Lipinski definition) is 4. The van der Waals surface area contributed by atoms with E-state index >= 15 is 0 Å². The number of hydrogen-bond donors (Lipinski definition) is 2. The van der Waals surface area contributed by atoms with E-state index in [4.69, 9.17) is 10.2 Å². The summed E-state index contributed by atoms with van der Waals surface area (Å²) in [6.07, 6.45) is 2.59. The molecule has 6 heteroatoms. The van der Waals surface area contributed by atoms with Crippen molar-refractivity contribution in [3.8, 4) is 0 Å². The number of nitrogens with one attached hydrogen (secondary N) is 1. The molecule has 2 aromatic heterocycles. The smallest absolute Gasteiger partial charge is 0.312 e.